The third kappa shape index (κ3) is 35.4. The molecular formula is C42H80Cl2NO4+. The molecule has 0 spiro atoms. The average Bonchev–Trinajstić information content (AvgIpc) is 3.05. The van der Waals surface area contributed by atoms with Crippen LogP contribution in [0.4, 0.5) is 0 Å². The molecule has 0 fully saturated rings. The largest absolute Gasteiger partial charge is 0.461 e. The van der Waals surface area contributed by atoms with Gasteiger partial charge in [0.25, 0.3) is 0 Å². The molecule has 0 aromatic heterocycles. The minimum absolute atomic E-state index is 0.0430. The van der Waals surface area contributed by atoms with Gasteiger partial charge in [-0.2, -0.15) is 0 Å². The molecule has 0 aliphatic carbocycles. The molecular weight excluding hydrogens is 653 g/mol. The zero-order valence-electron chi connectivity index (χ0n) is 32.9. The van der Waals surface area contributed by atoms with Gasteiger partial charge in [0.1, 0.15) is 13.2 Å². The standard InChI is InChI=1S/C42H80Cl2NO4/c1-6-8-10-12-14-15-16-17-18-19-20-21-22-26-30-34-41(46)48-37-38(36-45(3,4)5)49-42(47)35-31-27-23-25-29-33-40(44)39(43)32-28-24-13-11-9-7-2/h17-18,38-40H,6-16,19-37H2,1-5H3/q+1/b18-17-. The van der Waals surface area contributed by atoms with Gasteiger partial charge in [0.2, 0.25) is 0 Å². The van der Waals surface area contributed by atoms with Crippen LogP contribution < -0.4 is 0 Å². The van der Waals surface area contributed by atoms with E-state index in [-0.39, 0.29) is 29.3 Å². The number of hydrogen-bond acceptors (Lipinski definition) is 4. The van der Waals surface area contributed by atoms with E-state index >= 15 is 0 Å². The van der Waals surface area contributed by atoms with E-state index in [0.29, 0.717) is 23.9 Å². The van der Waals surface area contributed by atoms with Gasteiger partial charge in [-0.15, -0.1) is 23.2 Å². The van der Waals surface area contributed by atoms with Gasteiger partial charge in [0.15, 0.2) is 6.10 Å². The summed E-state index contributed by atoms with van der Waals surface area (Å²) in [6.45, 7) is 5.24. The molecule has 290 valence electrons. The number of rotatable bonds is 36. The van der Waals surface area contributed by atoms with Gasteiger partial charge in [0.05, 0.1) is 21.1 Å². The fraction of sp³-hybridized carbons (Fsp3) is 0.905. The molecule has 3 atom stereocenters. The zero-order chi connectivity index (χ0) is 36.4. The van der Waals surface area contributed by atoms with Crippen LogP contribution in [0.1, 0.15) is 194 Å². The molecule has 0 N–H and O–H groups in total. The molecule has 0 aliphatic heterocycles. The van der Waals surface area contributed by atoms with Gasteiger partial charge in [-0.1, -0.05) is 142 Å². The van der Waals surface area contributed by atoms with Crippen LogP contribution in [0.5, 0.6) is 0 Å². The van der Waals surface area contributed by atoms with E-state index in [4.69, 9.17) is 32.7 Å². The lowest BCUT2D eigenvalue weighted by Gasteiger charge is -2.28. The third-order valence-corrected chi connectivity index (χ3v) is 10.4. The first-order valence-corrected chi connectivity index (χ1v) is 21.5. The summed E-state index contributed by atoms with van der Waals surface area (Å²) in [4.78, 5) is 25.0. The molecule has 0 aromatic rings. The van der Waals surface area contributed by atoms with Crippen LogP contribution in [0.25, 0.3) is 0 Å². The lowest BCUT2D eigenvalue weighted by Crippen LogP contribution is -2.45. The monoisotopic (exact) mass is 733 g/mol. The van der Waals surface area contributed by atoms with Gasteiger partial charge in [-0.3, -0.25) is 9.59 Å². The van der Waals surface area contributed by atoms with E-state index < -0.39 is 6.10 Å². The summed E-state index contributed by atoms with van der Waals surface area (Å²) in [5.41, 5.74) is 0. The molecule has 3 unspecified atom stereocenters. The zero-order valence-corrected chi connectivity index (χ0v) is 34.4. The van der Waals surface area contributed by atoms with Crippen molar-refractivity contribution in [3.05, 3.63) is 12.2 Å². The lowest BCUT2D eigenvalue weighted by atomic mass is 10.0. The van der Waals surface area contributed by atoms with Gasteiger partial charge in [-0.05, 0) is 51.4 Å². The lowest BCUT2D eigenvalue weighted by molar-refractivity contribution is -0.873. The number of likely N-dealkylation sites (N-methyl/N-ethyl adjacent to an activating group) is 1. The second kappa shape index (κ2) is 34.3. The topological polar surface area (TPSA) is 52.6 Å². The molecule has 0 heterocycles. The third-order valence-electron chi connectivity index (χ3n) is 9.21. The summed E-state index contributed by atoms with van der Waals surface area (Å²) in [7, 11) is 6.17. The van der Waals surface area contributed by atoms with Crippen molar-refractivity contribution in [3.63, 3.8) is 0 Å². The van der Waals surface area contributed by atoms with E-state index in [0.717, 1.165) is 70.6 Å². The van der Waals surface area contributed by atoms with Crippen LogP contribution in [0, 0.1) is 0 Å². The van der Waals surface area contributed by atoms with Crippen LogP contribution in [-0.4, -0.2) is 67.6 Å². The molecule has 0 saturated carbocycles. The molecule has 49 heavy (non-hydrogen) atoms. The van der Waals surface area contributed by atoms with E-state index in [9.17, 15) is 9.59 Å². The molecule has 0 radical (unpaired) electrons. The maximum Gasteiger partial charge on any atom is 0.306 e. The van der Waals surface area contributed by atoms with Crippen molar-refractivity contribution in [1.29, 1.82) is 0 Å². The summed E-state index contributed by atoms with van der Waals surface area (Å²) >= 11 is 13.1. The molecule has 0 aliphatic rings. The maximum atomic E-state index is 12.6. The number of carbonyl (C=O) groups excluding carboxylic acids is 2. The van der Waals surface area contributed by atoms with Gasteiger partial charge < -0.3 is 14.0 Å². The smallest absolute Gasteiger partial charge is 0.306 e. The summed E-state index contributed by atoms with van der Waals surface area (Å²) in [6.07, 6.45) is 35.8. The molecule has 0 rings (SSSR count). The van der Waals surface area contributed by atoms with Crippen LogP contribution >= 0.6 is 23.2 Å². The Kier molecular flexibility index (Phi) is 33.8. The first-order chi connectivity index (χ1) is 23.6. The molecule has 5 nitrogen and oxygen atoms in total. The Morgan fingerprint density at radius 1 is 0.551 bits per heavy atom. The highest BCUT2D eigenvalue weighted by molar-refractivity contribution is 6.29. The minimum atomic E-state index is -0.425. The van der Waals surface area contributed by atoms with Crippen molar-refractivity contribution in [2.75, 3.05) is 34.3 Å². The summed E-state index contributed by atoms with van der Waals surface area (Å²) in [6, 6.07) is 0. The SMILES string of the molecule is CCCCCCCC/C=C\CCCCCCCC(=O)OCC(C[N+](C)(C)C)OC(=O)CCCCCCCC(Cl)C(Cl)CCCCCCCC. The number of halogens is 2. The van der Waals surface area contributed by atoms with Gasteiger partial charge >= 0.3 is 11.9 Å². The second-order valence-electron chi connectivity index (χ2n) is 15.5. The summed E-state index contributed by atoms with van der Waals surface area (Å²) < 4.78 is 12.0. The highest BCUT2D eigenvalue weighted by Gasteiger charge is 2.24. The van der Waals surface area contributed by atoms with Crippen LogP contribution in [0.2, 0.25) is 0 Å². The second-order valence-corrected chi connectivity index (χ2v) is 16.6. The number of quaternary nitrogens is 1. The minimum Gasteiger partial charge on any atom is -0.461 e. The Morgan fingerprint density at radius 3 is 1.39 bits per heavy atom. The Balaban J connectivity index is 3.98. The van der Waals surface area contributed by atoms with Crippen molar-refractivity contribution < 1.29 is 23.5 Å². The predicted octanol–water partition coefficient (Wildman–Crippen LogP) is 12.9. The van der Waals surface area contributed by atoms with Crippen LogP contribution in [0.3, 0.4) is 0 Å². The van der Waals surface area contributed by atoms with E-state index in [1.54, 1.807) is 0 Å². The molecule has 0 bridgehead atoms. The predicted molar refractivity (Wildman–Crippen MR) is 213 cm³/mol. The number of hydrogen-bond donors (Lipinski definition) is 0. The molecule has 7 heteroatoms. The fourth-order valence-corrected chi connectivity index (χ4v) is 6.76. The number of nitrogens with zero attached hydrogens (tertiary/aromatic N) is 1. The highest BCUT2D eigenvalue weighted by Crippen LogP contribution is 2.23. The fourth-order valence-electron chi connectivity index (χ4n) is 6.20. The van der Waals surface area contributed by atoms with Crippen molar-refractivity contribution in [3.8, 4) is 0 Å². The van der Waals surface area contributed by atoms with Crippen molar-refractivity contribution in [2.45, 2.75) is 210 Å². The molecule has 0 saturated heterocycles. The number of esters is 2. The van der Waals surface area contributed by atoms with Gasteiger partial charge in [-0.25, -0.2) is 0 Å². The number of alkyl halides is 2. The van der Waals surface area contributed by atoms with Crippen molar-refractivity contribution in [2.24, 2.45) is 0 Å². The Bertz CT molecular complexity index is 785. The van der Waals surface area contributed by atoms with Crippen molar-refractivity contribution >= 4 is 35.1 Å². The van der Waals surface area contributed by atoms with E-state index in [2.05, 4.69) is 47.1 Å². The Hall–Kier alpha value is -0.780. The normalized spacial score (nSPS) is 13.9. The summed E-state index contributed by atoms with van der Waals surface area (Å²) in [5, 5.41) is 0.106. The van der Waals surface area contributed by atoms with Crippen LogP contribution in [0.15, 0.2) is 12.2 Å². The van der Waals surface area contributed by atoms with E-state index in [1.165, 1.54) is 96.3 Å². The average molecular weight is 734 g/mol. The number of unbranched alkanes of at least 4 members (excludes halogenated alkanes) is 20. The first kappa shape index (κ1) is 48.2. The molecule has 0 aromatic carbocycles. The van der Waals surface area contributed by atoms with Crippen LogP contribution in [-0.2, 0) is 19.1 Å². The maximum absolute atomic E-state index is 12.6. The number of carbonyl (C=O) groups is 2. The number of allylic oxidation sites excluding steroid dienone is 2. The first-order valence-electron chi connectivity index (χ1n) is 20.7. The van der Waals surface area contributed by atoms with Crippen molar-refractivity contribution in [1.82, 2.24) is 0 Å². The summed E-state index contributed by atoms with van der Waals surface area (Å²) in [5.74, 6) is -0.394. The highest BCUT2D eigenvalue weighted by atomic mass is 35.5. The van der Waals surface area contributed by atoms with E-state index in [1.807, 2.05) is 0 Å². The Morgan fingerprint density at radius 2 is 0.939 bits per heavy atom. The quantitative estimate of drug-likeness (QED) is 0.0211. The number of ether oxygens (including phenoxy) is 2. The Labute approximate surface area is 314 Å². The molecule has 0 amide bonds. The van der Waals surface area contributed by atoms with Gasteiger partial charge in [0, 0.05) is 23.6 Å².